The van der Waals surface area contributed by atoms with Gasteiger partial charge in [-0.1, -0.05) is 46.6 Å². The van der Waals surface area contributed by atoms with E-state index in [4.69, 9.17) is 21.2 Å². The van der Waals surface area contributed by atoms with E-state index in [-0.39, 0.29) is 5.92 Å². The van der Waals surface area contributed by atoms with Gasteiger partial charge < -0.3 is 9.57 Å². The van der Waals surface area contributed by atoms with Crippen LogP contribution in [0.15, 0.2) is 78.0 Å². The summed E-state index contributed by atoms with van der Waals surface area (Å²) in [5.41, 5.74) is 4.43. The summed E-state index contributed by atoms with van der Waals surface area (Å²) in [5, 5.41) is 5.02. The molecule has 3 aromatic carbocycles. The van der Waals surface area contributed by atoms with Gasteiger partial charge in [-0.25, -0.2) is 4.79 Å². The van der Waals surface area contributed by atoms with Crippen LogP contribution in [0.4, 0.5) is 0 Å². The molecular formula is C25H22ClNO3. The lowest BCUT2D eigenvalue weighted by Crippen LogP contribution is -2.09. The highest BCUT2D eigenvalue weighted by atomic mass is 35.5. The van der Waals surface area contributed by atoms with Crippen LogP contribution in [0.1, 0.15) is 39.4 Å². The van der Waals surface area contributed by atoms with Crippen molar-refractivity contribution >= 4 is 23.3 Å². The molecule has 1 aliphatic rings. The Labute approximate surface area is 181 Å². The first-order valence-corrected chi connectivity index (χ1v) is 10.2. The maximum absolute atomic E-state index is 12.5. The zero-order valence-electron chi connectivity index (χ0n) is 16.8. The lowest BCUT2D eigenvalue weighted by Gasteiger charge is -2.08. The topological polar surface area (TPSA) is 47.9 Å². The van der Waals surface area contributed by atoms with Gasteiger partial charge in [-0.05, 0) is 78.9 Å². The van der Waals surface area contributed by atoms with Gasteiger partial charge in [0.1, 0.15) is 5.75 Å². The highest BCUT2D eigenvalue weighted by Gasteiger charge is 2.43. The molecule has 5 heteroatoms. The largest absolute Gasteiger partial charge is 0.497 e. The Balaban J connectivity index is 1.58. The molecule has 0 aliphatic heterocycles. The number of carbonyl (C=O) groups is 1. The summed E-state index contributed by atoms with van der Waals surface area (Å²) in [4.78, 5) is 17.8. The van der Waals surface area contributed by atoms with Crippen molar-refractivity contribution in [3.63, 3.8) is 0 Å². The third-order valence-electron chi connectivity index (χ3n) is 5.34. The summed E-state index contributed by atoms with van der Waals surface area (Å²) in [5.74, 6) is 0.788. The number of nitrogens with zero attached hydrogens (tertiary/aromatic N) is 1. The summed E-state index contributed by atoms with van der Waals surface area (Å²) in [6, 6.07) is 22.8. The molecule has 2 atom stereocenters. The number of benzene rings is 3. The lowest BCUT2D eigenvalue weighted by atomic mass is 10.0. The predicted molar refractivity (Wildman–Crippen MR) is 118 cm³/mol. The van der Waals surface area contributed by atoms with Crippen molar-refractivity contribution in [2.75, 3.05) is 7.11 Å². The van der Waals surface area contributed by atoms with Crippen LogP contribution >= 0.6 is 11.6 Å². The third-order valence-corrected chi connectivity index (χ3v) is 5.59. The van der Waals surface area contributed by atoms with Gasteiger partial charge in [0.05, 0.1) is 18.4 Å². The molecule has 30 heavy (non-hydrogen) atoms. The molecule has 0 bridgehead atoms. The molecule has 0 heterocycles. The number of ether oxygens (including phenoxy) is 1. The quantitative estimate of drug-likeness (QED) is 0.279. The summed E-state index contributed by atoms with van der Waals surface area (Å²) in [6.07, 6.45) is 0.939. The van der Waals surface area contributed by atoms with E-state index in [0.717, 1.165) is 29.0 Å². The van der Waals surface area contributed by atoms with Crippen LogP contribution in [0.5, 0.6) is 5.75 Å². The van der Waals surface area contributed by atoms with Crippen molar-refractivity contribution in [2.24, 2.45) is 11.1 Å². The van der Waals surface area contributed by atoms with Crippen molar-refractivity contribution in [2.45, 2.75) is 19.3 Å². The second-order valence-corrected chi connectivity index (χ2v) is 7.89. The van der Waals surface area contributed by atoms with Gasteiger partial charge in [0.15, 0.2) is 0 Å². The van der Waals surface area contributed by atoms with Gasteiger partial charge in [0, 0.05) is 10.9 Å². The van der Waals surface area contributed by atoms with E-state index < -0.39 is 5.97 Å². The zero-order chi connectivity index (χ0) is 21.1. The van der Waals surface area contributed by atoms with Crippen LogP contribution in [-0.4, -0.2) is 18.8 Å². The first kappa shape index (κ1) is 20.2. The summed E-state index contributed by atoms with van der Waals surface area (Å²) < 4.78 is 5.25. The maximum Gasteiger partial charge on any atom is 0.365 e. The molecule has 4 rings (SSSR count). The van der Waals surface area contributed by atoms with Crippen LogP contribution in [-0.2, 0) is 4.84 Å². The first-order chi connectivity index (χ1) is 14.5. The normalized spacial score (nSPS) is 18.0. The number of rotatable bonds is 6. The first-order valence-electron chi connectivity index (χ1n) is 9.81. The second kappa shape index (κ2) is 8.72. The number of methoxy groups -OCH3 is 1. The summed E-state index contributed by atoms with van der Waals surface area (Å²) in [6.45, 7) is 1.97. The van der Waals surface area contributed by atoms with Crippen LogP contribution < -0.4 is 4.74 Å². The molecule has 0 radical (unpaired) electrons. The maximum atomic E-state index is 12.5. The molecule has 0 saturated heterocycles. The van der Waals surface area contributed by atoms with Crippen LogP contribution in [0.2, 0.25) is 5.02 Å². The van der Waals surface area contributed by atoms with E-state index in [0.29, 0.717) is 16.5 Å². The Morgan fingerprint density at radius 2 is 1.57 bits per heavy atom. The Bertz CT molecular complexity index is 1060. The molecule has 1 saturated carbocycles. The predicted octanol–water partition coefficient (Wildman–Crippen LogP) is 6.02. The molecule has 0 aromatic heterocycles. The second-order valence-electron chi connectivity index (χ2n) is 7.45. The van der Waals surface area contributed by atoms with E-state index in [1.807, 2.05) is 67.6 Å². The molecule has 0 spiro atoms. The van der Waals surface area contributed by atoms with E-state index in [9.17, 15) is 4.79 Å². The fraction of sp³-hybridized carbons (Fsp3) is 0.200. The molecule has 152 valence electrons. The van der Waals surface area contributed by atoms with Gasteiger partial charge in [0.25, 0.3) is 0 Å². The SMILES string of the molecule is COc1ccc(C(=NOC(=O)c2ccc(C)cc2)C2CC2c2ccc(Cl)cc2)cc1. The molecule has 3 aromatic rings. The Morgan fingerprint density at radius 1 is 0.933 bits per heavy atom. The Morgan fingerprint density at radius 3 is 2.20 bits per heavy atom. The van der Waals surface area contributed by atoms with Gasteiger partial charge >= 0.3 is 5.97 Å². The fourth-order valence-corrected chi connectivity index (χ4v) is 3.63. The van der Waals surface area contributed by atoms with Crippen LogP contribution in [0, 0.1) is 12.8 Å². The summed E-state index contributed by atoms with van der Waals surface area (Å²) in [7, 11) is 1.63. The van der Waals surface area contributed by atoms with Gasteiger partial charge in [-0.15, -0.1) is 0 Å². The van der Waals surface area contributed by atoms with Crippen molar-refractivity contribution in [3.05, 3.63) is 100 Å². The number of carbonyl (C=O) groups excluding carboxylic acids is 1. The minimum Gasteiger partial charge on any atom is -0.497 e. The standard InChI is InChI=1S/C25H22ClNO3/c1-16-3-5-19(6-4-16)25(28)30-27-24(18-9-13-21(29-2)14-10-18)23-15-22(23)17-7-11-20(26)12-8-17/h3-14,22-23H,15H2,1-2H3. The van der Waals surface area contributed by atoms with E-state index in [1.165, 1.54) is 5.56 Å². The van der Waals surface area contributed by atoms with Crippen LogP contribution in [0.25, 0.3) is 0 Å². The van der Waals surface area contributed by atoms with E-state index in [1.54, 1.807) is 19.2 Å². The van der Waals surface area contributed by atoms with Crippen molar-refractivity contribution in [1.29, 1.82) is 0 Å². The number of halogens is 1. The van der Waals surface area contributed by atoms with E-state index in [2.05, 4.69) is 5.16 Å². The van der Waals surface area contributed by atoms with E-state index >= 15 is 0 Å². The molecule has 0 N–H and O–H groups in total. The molecule has 4 nitrogen and oxygen atoms in total. The monoisotopic (exact) mass is 419 g/mol. The fourth-order valence-electron chi connectivity index (χ4n) is 3.50. The summed E-state index contributed by atoms with van der Waals surface area (Å²) >= 11 is 6.02. The number of hydrogen-bond donors (Lipinski definition) is 0. The minimum absolute atomic E-state index is 0.172. The van der Waals surface area contributed by atoms with Crippen LogP contribution in [0.3, 0.4) is 0 Å². The van der Waals surface area contributed by atoms with Crippen molar-refractivity contribution in [3.8, 4) is 5.75 Å². The average molecular weight is 420 g/mol. The number of hydrogen-bond acceptors (Lipinski definition) is 4. The highest BCUT2D eigenvalue weighted by molar-refractivity contribution is 6.30. The molecule has 1 aliphatic carbocycles. The average Bonchev–Trinajstić information content (AvgIpc) is 3.56. The van der Waals surface area contributed by atoms with Crippen molar-refractivity contribution < 1.29 is 14.4 Å². The molecule has 0 amide bonds. The van der Waals surface area contributed by atoms with Gasteiger partial charge in [-0.3, -0.25) is 0 Å². The lowest BCUT2D eigenvalue weighted by molar-refractivity contribution is 0.0515. The van der Waals surface area contributed by atoms with Gasteiger partial charge in [-0.2, -0.15) is 0 Å². The molecule has 2 unspecified atom stereocenters. The van der Waals surface area contributed by atoms with Crippen molar-refractivity contribution in [1.82, 2.24) is 0 Å². The van der Waals surface area contributed by atoms with Gasteiger partial charge in [0.2, 0.25) is 0 Å². The number of oxime groups is 1. The molecular weight excluding hydrogens is 398 g/mol. The number of aryl methyl sites for hydroxylation is 1. The third kappa shape index (κ3) is 4.55. The Hall–Kier alpha value is -3.11. The smallest absolute Gasteiger partial charge is 0.365 e. The molecule has 1 fully saturated rings. The highest BCUT2D eigenvalue weighted by Crippen LogP contribution is 2.49. The minimum atomic E-state index is -0.468. The zero-order valence-corrected chi connectivity index (χ0v) is 17.6. The Kier molecular flexibility index (Phi) is 5.86.